The van der Waals surface area contributed by atoms with E-state index in [9.17, 15) is 4.79 Å². The van der Waals surface area contributed by atoms with Crippen molar-refractivity contribution in [3.05, 3.63) is 60.2 Å². The van der Waals surface area contributed by atoms with Gasteiger partial charge >= 0.3 is 0 Å². The Morgan fingerprint density at radius 2 is 1.86 bits per heavy atom. The number of ether oxygens (including phenoxy) is 1. The van der Waals surface area contributed by atoms with E-state index in [-0.39, 0.29) is 11.9 Å². The van der Waals surface area contributed by atoms with Crippen molar-refractivity contribution in [1.29, 1.82) is 0 Å². The van der Waals surface area contributed by atoms with E-state index in [2.05, 4.69) is 15.6 Å². The highest BCUT2D eigenvalue weighted by Crippen LogP contribution is 2.25. The summed E-state index contributed by atoms with van der Waals surface area (Å²) in [5, 5.41) is 7.37. The number of para-hydroxylation sites is 1. The van der Waals surface area contributed by atoms with Crippen molar-refractivity contribution in [2.45, 2.75) is 38.6 Å². The lowest BCUT2D eigenvalue weighted by Gasteiger charge is -2.15. The number of aromatic nitrogens is 1. The minimum absolute atomic E-state index is 0.0276. The van der Waals surface area contributed by atoms with Crippen molar-refractivity contribution < 1.29 is 9.53 Å². The van der Waals surface area contributed by atoms with Gasteiger partial charge in [0.15, 0.2) is 0 Å². The second-order valence-corrected chi connectivity index (χ2v) is 7.11. The molecule has 2 aromatic carbocycles. The second kappa shape index (κ2) is 8.30. The highest BCUT2D eigenvalue weighted by molar-refractivity contribution is 6.07. The number of rotatable bonds is 6. The Balaban J connectivity index is 1.62. The number of nitrogens with one attached hydrogen (secondary N) is 2. The van der Waals surface area contributed by atoms with E-state index < -0.39 is 0 Å². The fourth-order valence-corrected chi connectivity index (χ4v) is 3.71. The highest BCUT2D eigenvalue weighted by Gasteiger charge is 2.20. The molecule has 2 N–H and O–H groups in total. The summed E-state index contributed by atoms with van der Waals surface area (Å²) in [6.45, 7) is 2.60. The van der Waals surface area contributed by atoms with Crippen LogP contribution in [0, 0.1) is 0 Å². The summed E-state index contributed by atoms with van der Waals surface area (Å²) < 4.78 is 5.49. The van der Waals surface area contributed by atoms with Crippen molar-refractivity contribution in [3.8, 4) is 5.75 Å². The molecule has 5 heteroatoms. The lowest BCUT2D eigenvalue weighted by Crippen LogP contribution is -2.32. The first-order valence-corrected chi connectivity index (χ1v) is 9.93. The molecule has 1 aliphatic carbocycles. The Morgan fingerprint density at radius 1 is 1.11 bits per heavy atom. The van der Waals surface area contributed by atoms with E-state index in [4.69, 9.17) is 4.74 Å². The Hall–Kier alpha value is -3.08. The molecule has 1 aromatic heterocycles. The largest absolute Gasteiger partial charge is 0.494 e. The SMILES string of the molecule is CCOc1ccc(Nc2cc(C(=O)NC3CCCC3)c3ccccc3n2)cc1. The van der Waals surface area contributed by atoms with Gasteiger partial charge in [-0.1, -0.05) is 31.0 Å². The van der Waals surface area contributed by atoms with Crippen LogP contribution >= 0.6 is 0 Å². The number of hydrogen-bond acceptors (Lipinski definition) is 4. The summed E-state index contributed by atoms with van der Waals surface area (Å²) >= 11 is 0. The number of pyridine rings is 1. The molecule has 0 radical (unpaired) electrons. The number of fused-ring (bicyclic) bond motifs is 1. The summed E-state index contributed by atoms with van der Waals surface area (Å²) in [7, 11) is 0. The molecular weight excluding hydrogens is 350 g/mol. The predicted molar refractivity (Wildman–Crippen MR) is 112 cm³/mol. The smallest absolute Gasteiger partial charge is 0.252 e. The number of hydrogen-bond donors (Lipinski definition) is 2. The third-order valence-electron chi connectivity index (χ3n) is 5.09. The summed E-state index contributed by atoms with van der Waals surface area (Å²) in [6.07, 6.45) is 4.50. The van der Waals surface area contributed by atoms with Crippen LogP contribution in [-0.4, -0.2) is 23.5 Å². The van der Waals surface area contributed by atoms with Crippen LogP contribution in [0.5, 0.6) is 5.75 Å². The fraction of sp³-hybridized carbons (Fsp3) is 0.304. The second-order valence-electron chi connectivity index (χ2n) is 7.11. The van der Waals surface area contributed by atoms with Crippen LogP contribution in [0.1, 0.15) is 43.0 Å². The summed E-state index contributed by atoms with van der Waals surface area (Å²) in [5.41, 5.74) is 2.36. The summed E-state index contributed by atoms with van der Waals surface area (Å²) in [6, 6.07) is 17.6. The highest BCUT2D eigenvalue weighted by atomic mass is 16.5. The van der Waals surface area contributed by atoms with Crippen LogP contribution in [0.3, 0.4) is 0 Å². The molecule has 0 unspecified atom stereocenters. The molecule has 4 rings (SSSR count). The topological polar surface area (TPSA) is 63.2 Å². The van der Waals surface area contributed by atoms with Gasteiger partial charge in [0.2, 0.25) is 0 Å². The van der Waals surface area contributed by atoms with Gasteiger partial charge in [-0.25, -0.2) is 4.98 Å². The van der Waals surface area contributed by atoms with Crippen LogP contribution in [0.25, 0.3) is 10.9 Å². The number of amides is 1. The number of carbonyl (C=O) groups is 1. The first kappa shape index (κ1) is 18.3. The Labute approximate surface area is 165 Å². The molecule has 5 nitrogen and oxygen atoms in total. The molecule has 28 heavy (non-hydrogen) atoms. The molecule has 0 bridgehead atoms. The maximum atomic E-state index is 13.0. The van der Waals surface area contributed by atoms with Crippen molar-refractivity contribution >= 4 is 28.3 Å². The minimum atomic E-state index is -0.0276. The van der Waals surface area contributed by atoms with Crippen LogP contribution < -0.4 is 15.4 Å². The lowest BCUT2D eigenvalue weighted by molar-refractivity contribution is 0.0939. The van der Waals surface area contributed by atoms with Crippen LogP contribution in [0.2, 0.25) is 0 Å². The number of nitrogens with zero attached hydrogens (tertiary/aromatic N) is 1. The Bertz CT molecular complexity index is 963. The standard InChI is InChI=1S/C23H25N3O2/c1-2-28-18-13-11-17(12-14-18)24-22-15-20(19-9-5-6-10-21(19)26-22)23(27)25-16-7-3-4-8-16/h5-6,9-16H,2-4,7-8H2,1H3,(H,24,26)(H,25,27). The van der Waals surface area contributed by atoms with Crippen molar-refractivity contribution in [1.82, 2.24) is 10.3 Å². The average molecular weight is 375 g/mol. The molecule has 144 valence electrons. The molecule has 1 heterocycles. The van der Waals surface area contributed by atoms with Gasteiger partial charge < -0.3 is 15.4 Å². The maximum Gasteiger partial charge on any atom is 0.252 e. The molecule has 1 amide bonds. The van der Waals surface area contributed by atoms with E-state index in [1.165, 1.54) is 12.8 Å². The van der Waals surface area contributed by atoms with Gasteiger partial charge in [-0.15, -0.1) is 0 Å². The quantitative estimate of drug-likeness (QED) is 0.633. The molecule has 1 fully saturated rings. The Kier molecular flexibility index (Phi) is 5.42. The van der Waals surface area contributed by atoms with E-state index in [1.807, 2.05) is 61.5 Å². The molecule has 0 aliphatic heterocycles. The molecule has 0 spiro atoms. The molecule has 1 aliphatic rings. The predicted octanol–water partition coefficient (Wildman–Crippen LogP) is 5.05. The van der Waals surface area contributed by atoms with Gasteiger partial charge in [0.05, 0.1) is 17.7 Å². The van der Waals surface area contributed by atoms with Gasteiger partial charge in [0.25, 0.3) is 5.91 Å². The van der Waals surface area contributed by atoms with E-state index in [1.54, 1.807) is 0 Å². The molecule has 3 aromatic rings. The van der Waals surface area contributed by atoms with Gasteiger partial charge in [-0.05, 0) is 56.2 Å². The minimum Gasteiger partial charge on any atom is -0.494 e. The van der Waals surface area contributed by atoms with Crippen LogP contribution in [-0.2, 0) is 0 Å². The lowest BCUT2D eigenvalue weighted by atomic mass is 10.1. The molecule has 0 saturated heterocycles. The number of anilines is 2. The van der Waals surface area contributed by atoms with Gasteiger partial charge in [0.1, 0.15) is 11.6 Å². The van der Waals surface area contributed by atoms with Gasteiger partial charge in [-0.2, -0.15) is 0 Å². The monoisotopic (exact) mass is 375 g/mol. The van der Waals surface area contributed by atoms with Gasteiger partial charge in [0, 0.05) is 17.1 Å². The maximum absolute atomic E-state index is 13.0. The summed E-state index contributed by atoms with van der Waals surface area (Å²) in [5.74, 6) is 1.45. The molecule has 0 atom stereocenters. The third-order valence-corrected chi connectivity index (χ3v) is 5.09. The van der Waals surface area contributed by atoms with Crippen molar-refractivity contribution in [2.75, 3.05) is 11.9 Å². The summed E-state index contributed by atoms with van der Waals surface area (Å²) in [4.78, 5) is 17.6. The van der Waals surface area contributed by atoms with Crippen LogP contribution in [0.15, 0.2) is 54.6 Å². The number of carbonyl (C=O) groups excluding carboxylic acids is 1. The van der Waals surface area contributed by atoms with Gasteiger partial charge in [-0.3, -0.25) is 4.79 Å². The Morgan fingerprint density at radius 3 is 2.61 bits per heavy atom. The van der Waals surface area contributed by atoms with E-state index >= 15 is 0 Å². The zero-order chi connectivity index (χ0) is 19.3. The third kappa shape index (κ3) is 4.09. The zero-order valence-corrected chi connectivity index (χ0v) is 16.1. The van der Waals surface area contributed by atoms with Crippen molar-refractivity contribution in [3.63, 3.8) is 0 Å². The molecule has 1 saturated carbocycles. The first-order valence-electron chi connectivity index (χ1n) is 9.93. The zero-order valence-electron chi connectivity index (χ0n) is 16.1. The van der Waals surface area contributed by atoms with E-state index in [0.717, 1.165) is 35.2 Å². The van der Waals surface area contributed by atoms with E-state index in [0.29, 0.717) is 18.0 Å². The first-order chi connectivity index (χ1) is 13.7. The normalized spacial score (nSPS) is 14.2. The fourth-order valence-electron chi connectivity index (χ4n) is 3.71. The van der Waals surface area contributed by atoms with Crippen molar-refractivity contribution in [2.24, 2.45) is 0 Å². The molecular formula is C23H25N3O2. The average Bonchev–Trinajstić information content (AvgIpc) is 3.22. The van der Waals surface area contributed by atoms with Crippen LogP contribution in [0.4, 0.5) is 11.5 Å². The number of benzene rings is 2.